The average Bonchev–Trinajstić information content (AvgIpc) is 2.89. The van der Waals surface area contributed by atoms with Crippen LogP contribution in [0.4, 0.5) is 0 Å². The second-order valence-electron chi connectivity index (χ2n) is 5.85. The Morgan fingerprint density at radius 1 is 1.38 bits per heavy atom. The number of ether oxygens (including phenoxy) is 1. The number of hydrogen-bond donors (Lipinski definition) is 1. The summed E-state index contributed by atoms with van der Waals surface area (Å²) in [6.45, 7) is 7.71. The number of nitrogens with zero attached hydrogens (tertiary/aromatic N) is 3. The fraction of sp³-hybridized carbons (Fsp3) is 0.500. The van der Waals surface area contributed by atoms with Gasteiger partial charge in [-0.05, 0) is 6.92 Å². The molecule has 0 aliphatic heterocycles. The molecule has 0 saturated heterocycles. The maximum absolute atomic E-state index is 11.5. The predicted molar refractivity (Wildman–Crippen MR) is 81.3 cm³/mol. The molecule has 0 atom stereocenters. The van der Waals surface area contributed by atoms with Gasteiger partial charge in [-0.25, -0.2) is 14.5 Å². The molecule has 1 N–H and O–H groups in total. The monoisotopic (exact) mass is 309 g/mol. The summed E-state index contributed by atoms with van der Waals surface area (Å²) in [7, 11) is 3.35. The van der Waals surface area contributed by atoms with Gasteiger partial charge >= 0.3 is 5.97 Å². The van der Waals surface area contributed by atoms with Crippen LogP contribution in [-0.2, 0) is 12.5 Å². The molecular formula is C14H19N3O3S. The lowest BCUT2D eigenvalue weighted by Gasteiger charge is -2.16. The number of carboxylic acids is 1. The van der Waals surface area contributed by atoms with Crippen molar-refractivity contribution in [1.29, 1.82) is 0 Å². The Kier molecular flexibility index (Phi) is 3.79. The number of methoxy groups -OCH3 is 1. The Balaban J connectivity index is 2.70. The summed E-state index contributed by atoms with van der Waals surface area (Å²) in [5.41, 5.74) is 1.76. The quantitative estimate of drug-likeness (QED) is 0.943. The highest BCUT2D eigenvalue weighted by molar-refractivity contribution is 7.17. The largest absolute Gasteiger partial charge is 0.481 e. The number of aryl methyl sites for hydroxylation is 2. The molecule has 0 amide bonds. The van der Waals surface area contributed by atoms with E-state index in [4.69, 9.17) is 4.74 Å². The van der Waals surface area contributed by atoms with Crippen LogP contribution < -0.4 is 4.74 Å². The van der Waals surface area contributed by atoms with Gasteiger partial charge in [0.15, 0.2) is 0 Å². The maximum Gasteiger partial charge on any atom is 0.347 e. The first-order chi connectivity index (χ1) is 9.66. The molecule has 0 aromatic carbocycles. The number of carboxylic acid groups (broad SMARTS) is 1. The molecule has 114 valence electrons. The van der Waals surface area contributed by atoms with Crippen molar-refractivity contribution >= 4 is 17.3 Å². The summed E-state index contributed by atoms with van der Waals surface area (Å²) in [6.07, 6.45) is 0. The molecule has 6 nitrogen and oxygen atoms in total. The molecule has 0 fully saturated rings. The van der Waals surface area contributed by atoms with Crippen molar-refractivity contribution in [3.8, 4) is 16.5 Å². The Bertz CT molecular complexity index is 695. The summed E-state index contributed by atoms with van der Waals surface area (Å²) in [4.78, 5) is 16.3. The zero-order valence-corrected chi connectivity index (χ0v) is 13.8. The maximum atomic E-state index is 11.5. The van der Waals surface area contributed by atoms with Gasteiger partial charge < -0.3 is 9.84 Å². The zero-order valence-electron chi connectivity index (χ0n) is 13.0. The van der Waals surface area contributed by atoms with E-state index in [9.17, 15) is 9.90 Å². The first-order valence-electron chi connectivity index (χ1n) is 6.49. The van der Waals surface area contributed by atoms with Gasteiger partial charge in [0.1, 0.15) is 9.88 Å². The second kappa shape index (κ2) is 5.14. The molecule has 0 aliphatic rings. The van der Waals surface area contributed by atoms with Gasteiger partial charge in [-0.3, -0.25) is 0 Å². The minimum absolute atomic E-state index is 0.266. The third kappa shape index (κ3) is 2.65. The van der Waals surface area contributed by atoms with Crippen molar-refractivity contribution < 1.29 is 14.6 Å². The fourth-order valence-corrected chi connectivity index (χ4v) is 3.40. The molecule has 2 aromatic rings. The van der Waals surface area contributed by atoms with E-state index in [-0.39, 0.29) is 10.3 Å². The number of carbonyl (C=O) groups is 1. The van der Waals surface area contributed by atoms with Crippen molar-refractivity contribution in [3.05, 3.63) is 16.3 Å². The first-order valence-corrected chi connectivity index (χ1v) is 7.31. The molecule has 0 bridgehead atoms. The third-order valence-corrected chi connectivity index (χ3v) is 4.17. The predicted octanol–water partition coefficient (Wildman–Crippen LogP) is 2.86. The van der Waals surface area contributed by atoms with Gasteiger partial charge in [0, 0.05) is 12.5 Å². The SMILES string of the molecule is COc1c(-c2nc(C(C)(C)C)c(C(=O)O)s2)c(C)nn1C. The number of thiazole rings is 1. The van der Waals surface area contributed by atoms with Gasteiger partial charge in [-0.1, -0.05) is 20.8 Å². The van der Waals surface area contributed by atoms with E-state index in [0.29, 0.717) is 16.6 Å². The second-order valence-corrected chi connectivity index (χ2v) is 6.84. The number of aromatic carboxylic acids is 1. The van der Waals surface area contributed by atoms with Crippen molar-refractivity contribution in [1.82, 2.24) is 14.8 Å². The average molecular weight is 309 g/mol. The van der Waals surface area contributed by atoms with E-state index in [1.54, 1.807) is 18.8 Å². The highest BCUT2D eigenvalue weighted by Gasteiger charge is 2.29. The molecule has 0 unspecified atom stereocenters. The molecule has 2 aromatic heterocycles. The van der Waals surface area contributed by atoms with Crippen molar-refractivity contribution in [2.24, 2.45) is 7.05 Å². The lowest BCUT2D eigenvalue weighted by molar-refractivity contribution is 0.0699. The van der Waals surface area contributed by atoms with Crippen LogP contribution in [0.1, 0.15) is 41.8 Å². The molecule has 0 radical (unpaired) electrons. The highest BCUT2D eigenvalue weighted by Crippen LogP contribution is 2.39. The molecule has 21 heavy (non-hydrogen) atoms. The van der Waals surface area contributed by atoms with Gasteiger partial charge in [0.2, 0.25) is 5.88 Å². The van der Waals surface area contributed by atoms with Crippen LogP contribution >= 0.6 is 11.3 Å². The van der Waals surface area contributed by atoms with Crippen LogP contribution in [0.15, 0.2) is 0 Å². The summed E-state index contributed by atoms with van der Waals surface area (Å²) < 4.78 is 6.99. The van der Waals surface area contributed by atoms with Gasteiger partial charge in [-0.15, -0.1) is 11.3 Å². The minimum Gasteiger partial charge on any atom is -0.481 e. The smallest absolute Gasteiger partial charge is 0.347 e. The molecule has 2 heterocycles. The Morgan fingerprint density at radius 2 is 2.00 bits per heavy atom. The van der Waals surface area contributed by atoms with E-state index in [0.717, 1.165) is 22.6 Å². The first kappa shape index (κ1) is 15.5. The van der Waals surface area contributed by atoms with Crippen molar-refractivity contribution in [2.45, 2.75) is 33.1 Å². The summed E-state index contributed by atoms with van der Waals surface area (Å²) in [5.74, 6) is -0.372. The Hall–Kier alpha value is -1.89. The van der Waals surface area contributed by atoms with Gasteiger partial charge in [0.05, 0.1) is 24.1 Å². The van der Waals surface area contributed by atoms with Crippen LogP contribution in [0.2, 0.25) is 0 Å². The van der Waals surface area contributed by atoms with Gasteiger partial charge in [0.25, 0.3) is 0 Å². The van der Waals surface area contributed by atoms with E-state index in [1.807, 2.05) is 27.7 Å². The van der Waals surface area contributed by atoms with Crippen molar-refractivity contribution in [3.63, 3.8) is 0 Å². The molecule has 2 rings (SSSR count). The Labute approximate surface area is 127 Å². The standard InChI is InChI=1S/C14H19N3O3S/c1-7-8(12(20-6)17(5)16-7)11-15-10(14(2,3)4)9(21-11)13(18)19/h1-6H3,(H,18,19). The minimum atomic E-state index is -0.954. The van der Waals surface area contributed by atoms with Crippen LogP contribution in [-0.4, -0.2) is 33.0 Å². The molecular weight excluding hydrogens is 290 g/mol. The molecule has 7 heteroatoms. The molecule has 0 spiro atoms. The van der Waals surface area contributed by atoms with Crippen LogP contribution in [0.25, 0.3) is 10.6 Å². The highest BCUT2D eigenvalue weighted by atomic mass is 32.1. The summed E-state index contributed by atoms with van der Waals surface area (Å²) >= 11 is 1.16. The van der Waals surface area contributed by atoms with E-state index in [2.05, 4.69) is 10.1 Å². The van der Waals surface area contributed by atoms with Crippen LogP contribution in [0, 0.1) is 6.92 Å². The van der Waals surface area contributed by atoms with Crippen LogP contribution in [0.5, 0.6) is 5.88 Å². The van der Waals surface area contributed by atoms with Crippen molar-refractivity contribution in [2.75, 3.05) is 7.11 Å². The van der Waals surface area contributed by atoms with E-state index in [1.165, 1.54) is 0 Å². The number of aromatic nitrogens is 3. The normalized spacial score (nSPS) is 11.7. The summed E-state index contributed by atoms with van der Waals surface area (Å²) in [6, 6.07) is 0. The summed E-state index contributed by atoms with van der Waals surface area (Å²) in [5, 5.41) is 14.3. The number of rotatable bonds is 3. The van der Waals surface area contributed by atoms with E-state index >= 15 is 0 Å². The lowest BCUT2D eigenvalue weighted by Crippen LogP contribution is -2.16. The fourth-order valence-electron chi connectivity index (χ4n) is 2.20. The molecule has 0 saturated carbocycles. The number of hydrogen-bond acceptors (Lipinski definition) is 5. The lowest BCUT2D eigenvalue weighted by atomic mass is 9.91. The third-order valence-electron chi connectivity index (χ3n) is 3.11. The Morgan fingerprint density at radius 3 is 2.43 bits per heavy atom. The van der Waals surface area contributed by atoms with Gasteiger partial charge in [-0.2, -0.15) is 5.10 Å². The van der Waals surface area contributed by atoms with Crippen LogP contribution in [0.3, 0.4) is 0 Å². The van der Waals surface area contributed by atoms with E-state index < -0.39 is 5.97 Å². The molecule has 0 aliphatic carbocycles. The zero-order chi connectivity index (χ0) is 15.9. The topological polar surface area (TPSA) is 77.2 Å².